The molecular formula is C10H12N4O. The van der Waals surface area contributed by atoms with E-state index in [1.807, 2.05) is 12.2 Å². The number of hydrogen-bond donors (Lipinski definition) is 1. The molecule has 2 heterocycles. The molecule has 1 aliphatic rings. The van der Waals surface area contributed by atoms with E-state index in [-0.39, 0.29) is 0 Å². The van der Waals surface area contributed by atoms with Crippen LogP contribution in [-0.2, 0) is 17.9 Å². The van der Waals surface area contributed by atoms with Crippen LogP contribution in [0.5, 0.6) is 0 Å². The molecule has 0 saturated carbocycles. The number of ether oxygens (including phenoxy) is 1. The Morgan fingerprint density at radius 3 is 3.13 bits per heavy atom. The Kier molecular flexibility index (Phi) is 3.04. The third-order valence-corrected chi connectivity index (χ3v) is 1.93. The minimum Gasteiger partial charge on any atom is -0.470 e. The number of rotatable bonds is 3. The first-order valence-corrected chi connectivity index (χ1v) is 4.73. The molecule has 5 heteroatoms. The van der Waals surface area contributed by atoms with E-state index in [9.17, 15) is 0 Å². The largest absolute Gasteiger partial charge is 0.470 e. The van der Waals surface area contributed by atoms with Gasteiger partial charge in [0.15, 0.2) is 5.82 Å². The lowest BCUT2D eigenvalue weighted by Gasteiger charge is -2.03. The van der Waals surface area contributed by atoms with E-state index in [2.05, 4.69) is 15.0 Å². The molecule has 0 amide bonds. The van der Waals surface area contributed by atoms with Crippen LogP contribution in [0.25, 0.3) is 0 Å². The lowest BCUT2D eigenvalue weighted by Crippen LogP contribution is -2.07. The minimum absolute atomic E-state index is 0.330. The molecule has 0 radical (unpaired) electrons. The highest BCUT2D eigenvalue weighted by Crippen LogP contribution is 2.00. The zero-order valence-electron chi connectivity index (χ0n) is 8.26. The Labute approximate surface area is 87.7 Å². The van der Waals surface area contributed by atoms with E-state index in [4.69, 9.17) is 10.5 Å². The summed E-state index contributed by atoms with van der Waals surface area (Å²) in [4.78, 5) is 12.4. The monoisotopic (exact) mass is 204 g/mol. The first kappa shape index (κ1) is 9.79. The number of hydrogen-bond acceptors (Lipinski definition) is 5. The van der Waals surface area contributed by atoms with Crippen molar-refractivity contribution in [3.8, 4) is 0 Å². The van der Waals surface area contributed by atoms with Gasteiger partial charge in [-0.2, -0.15) is 0 Å². The summed E-state index contributed by atoms with van der Waals surface area (Å²) < 4.78 is 5.39. The van der Waals surface area contributed by atoms with Crippen LogP contribution in [0.1, 0.15) is 11.5 Å². The highest BCUT2D eigenvalue weighted by atomic mass is 16.5. The Bertz CT molecular complexity index is 400. The molecule has 1 aromatic heterocycles. The molecule has 0 saturated heterocycles. The van der Waals surface area contributed by atoms with E-state index in [0.717, 1.165) is 5.69 Å². The van der Waals surface area contributed by atoms with Gasteiger partial charge in [0, 0.05) is 12.7 Å². The summed E-state index contributed by atoms with van der Waals surface area (Å²) in [5.74, 6) is 1.26. The lowest BCUT2D eigenvalue weighted by atomic mass is 10.4. The van der Waals surface area contributed by atoms with Gasteiger partial charge in [-0.25, -0.2) is 15.0 Å². The Morgan fingerprint density at radius 1 is 1.47 bits per heavy atom. The van der Waals surface area contributed by atoms with Gasteiger partial charge in [-0.05, 0) is 12.1 Å². The van der Waals surface area contributed by atoms with Crippen molar-refractivity contribution in [1.82, 2.24) is 9.97 Å². The van der Waals surface area contributed by atoms with Gasteiger partial charge in [0.25, 0.3) is 0 Å². The average Bonchev–Trinajstić information content (AvgIpc) is 2.79. The molecule has 0 bridgehead atoms. The molecule has 1 aromatic rings. The van der Waals surface area contributed by atoms with E-state index in [1.54, 1.807) is 12.3 Å². The van der Waals surface area contributed by atoms with Crippen LogP contribution in [0.4, 0.5) is 0 Å². The normalized spacial score (nSPS) is 14.1. The highest BCUT2D eigenvalue weighted by Gasteiger charge is 2.03. The number of aliphatic imine (C=N–C) groups is 1. The SMILES string of the molecule is NCc1ccnc(COC2=NCC=C2)n1. The minimum atomic E-state index is 0.330. The Hall–Kier alpha value is -1.75. The second kappa shape index (κ2) is 4.65. The van der Waals surface area contributed by atoms with Crippen molar-refractivity contribution in [3.63, 3.8) is 0 Å². The molecule has 15 heavy (non-hydrogen) atoms. The predicted molar refractivity (Wildman–Crippen MR) is 56.2 cm³/mol. The van der Waals surface area contributed by atoms with Gasteiger partial charge in [0.05, 0.1) is 12.2 Å². The van der Waals surface area contributed by atoms with E-state index in [0.29, 0.717) is 31.4 Å². The number of aromatic nitrogens is 2. The van der Waals surface area contributed by atoms with Gasteiger partial charge in [0.2, 0.25) is 5.90 Å². The third-order valence-electron chi connectivity index (χ3n) is 1.93. The number of nitrogens with two attached hydrogens (primary N) is 1. The van der Waals surface area contributed by atoms with Crippen molar-refractivity contribution in [3.05, 3.63) is 35.9 Å². The molecule has 5 nitrogen and oxygen atoms in total. The van der Waals surface area contributed by atoms with Crippen LogP contribution in [0, 0.1) is 0 Å². The first-order valence-electron chi connectivity index (χ1n) is 4.73. The maximum absolute atomic E-state index is 5.47. The first-order chi connectivity index (χ1) is 7.38. The van der Waals surface area contributed by atoms with Crippen LogP contribution in [0.15, 0.2) is 29.4 Å². The van der Waals surface area contributed by atoms with Gasteiger partial charge in [-0.15, -0.1) is 0 Å². The molecule has 1 aliphatic heterocycles. The molecule has 0 aliphatic carbocycles. The fraction of sp³-hybridized carbons (Fsp3) is 0.300. The second-order valence-electron chi connectivity index (χ2n) is 3.04. The van der Waals surface area contributed by atoms with Gasteiger partial charge in [-0.3, -0.25) is 0 Å². The molecule has 0 fully saturated rings. The lowest BCUT2D eigenvalue weighted by molar-refractivity contribution is 0.284. The van der Waals surface area contributed by atoms with Crippen LogP contribution in [-0.4, -0.2) is 22.4 Å². The van der Waals surface area contributed by atoms with Crippen molar-refractivity contribution < 1.29 is 4.74 Å². The van der Waals surface area contributed by atoms with Gasteiger partial charge >= 0.3 is 0 Å². The summed E-state index contributed by atoms with van der Waals surface area (Å²) in [6, 6.07) is 1.79. The summed E-state index contributed by atoms with van der Waals surface area (Å²) in [5, 5.41) is 0. The van der Waals surface area contributed by atoms with Crippen molar-refractivity contribution in [2.24, 2.45) is 10.7 Å². The van der Waals surface area contributed by atoms with E-state index < -0.39 is 0 Å². The third kappa shape index (κ3) is 2.60. The fourth-order valence-corrected chi connectivity index (χ4v) is 1.21. The molecule has 78 valence electrons. The Balaban J connectivity index is 1.95. The van der Waals surface area contributed by atoms with Crippen LogP contribution < -0.4 is 5.73 Å². The van der Waals surface area contributed by atoms with Crippen LogP contribution in [0.2, 0.25) is 0 Å². The smallest absolute Gasteiger partial charge is 0.209 e. The van der Waals surface area contributed by atoms with Gasteiger partial charge < -0.3 is 10.5 Å². The van der Waals surface area contributed by atoms with Crippen molar-refractivity contribution in [2.45, 2.75) is 13.2 Å². The zero-order valence-corrected chi connectivity index (χ0v) is 8.26. The average molecular weight is 204 g/mol. The quantitative estimate of drug-likeness (QED) is 0.774. The summed E-state index contributed by atoms with van der Waals surface area (Å²) in [5.41, 5.74) is 6.28. The van der Waals surface area contributed by atoms with Crippen LogP contribution >= 0.6 is 0 Å². The fourth-order valence-electron chi connectivity index (χ4n) is 1.21. The molecule has 0 aromatic carbocycles. The van der Waals surface area contributed by atoms with E-state index in [1.165, 1.54) is 0 Å². The standard InChI is InChI=1S/C10H12N4O/c11-6-8-3-5-12-9(14-8)7-15-10-2-1-4-13-10/h1-3,5H,4,6-7,11H2. The van der Waals surface area contributed by atoms with Gasteiger partial charge in [-0.1, -0.05) is 6.08 Å². The zero-order chi connectivity index (χ0) is 10.5. The predicted octanol–water partition coefficient (Wildman–Crippen LogP) is 0.420. The van der Waals surface area contributed by atoms with Gasteiger partial charge in [0.1, 0.15) is 6.61 Å². The Morgan fingerprint density at radius 2 is 2.40 bits per heavy atom. The van der Waals surface area contributed by atoms with Crippen LogP contribution in [0.3, 0.4) is 0 Å². The van der Waals surface area contributed by atoms with Crippen molar-refractivity contribution in [1.29, 1.82) is 0 Å². The molecule has 0 atom stereocenters. The number of nitrogens with zero attached hydrogens (tertiary/aromatic N) is 3. The second-order valence-corrected chi connectivity index (χ2v) is 3.04. The van der Waals surface area contributed by atoms with Crippen molar-refractivity contribution in [2.75, 3.05) is 6.54 Å². The molecular weight excluding hydrogens is 192 g/mol. The molecule has 0 unspecified atom stereocenters. The summed E-state index contributed by atoms with van der Waals surface area (Å²) >= 11 is 0. The summed E-state index contributed by atoms with van der Waals surface area (Å²) in [7, 11) is 0. The molecule has 2 N–H and O–H groups in total. The highest BCUT2D eigenvalue weighted by molar-refractivity contribution is 5.89. The molecule has 2 rings (SSSR count). The maximum atomic E-state index is 5.47. The topological polar surface area (TPSA) is 73.4 Å². The van der Waals surface area contributed by atoms with E-state index >= 15 is 0 Å². The summed E-state index contributed by atoms with van der Waals surface area (Å²) in [6.45, 7) is 1.44. The molecule has 0 spiro atoms. The summed E-state index contributed by atoms with van der Waals surface area (Å²) in [6.07, 6.45) is 5.46. The van der Waals surface area contributed by atoms with Crippen molar-refractivity contribution >= 4 is 5.90 Å². The maximum Gasteiger partial charge on any atom is 0.209 e.